The van der Waals surface area contributed by atoms with E-state index in [1.807, 2.05) is 0 Å². The van der Waals surface area contributed by atoms with Crippen LogP contribution in [0.1, 0.15) is 67.3 Å². The minimum absolute atomic E-state index is 0.0703. The zero-order valence-corrected chi connectivity index (χ0v) is 44.9. The van der Waals surface area contributed by atoms with E-state index in [-0.39, 0.29) is 28.2 Å². The number of aliphatic hydroxyl groups excluding tert-OH is 1. The number of hydrogen-bond donors (Lipinski definition) is 6. The van der Waals surface area contributed by atoms with Crippen molar-refractivity contribution < 1.29 is 101 Å². The third-order valence-electron chi connectivity index (χ3n) is 11.2. The molecule has 0 spiro atoms. The number of nitrogens with zero attached hydrogens (tertiary/aromatic N) is 1. The second-order valence-electron chi connectivity index (χ2n) is 17.8. The zero-order valence-electron chi connectivity index (χ0n) is 42.5. The molecule has 0 saturated carbocycles. The van der Waals surface area contributed by atoms with Crippen LogP contribution in [0.3, 0.4) is 0 Å². The molecule has 5 amide bonds. The van der Waals surface area contributed by atoms with Crippen molar-refractivity contribution in [2.24, 2.45) is 0 Å². The Labute approximate surface area is 452 Å². The van der Waals surface area contributed by atoms with Crippen LogP contribution in [0.15, 0.2) is 61.2 Å². The summed E-state index contributed by atoms with van der Waals surface area (Å²) in [6, 6.07) is -2.75. The van der Waals surface area contributed by atoms with Gasteiger partial charge < -0.3 is 68.5 Å². The summed E-state index contributed by atoms with van der Waals surface area (Å²) in [4.78, 5) is 85.3. The summed E-state index contributed by atoms with van der Waals surface area (Å²) in [5.41, 5.74) is -12.0. The van der Waals surface area contributed by atoms with Gasteiger partial charge in [-0.15, -0.1) is 0 Å². The highest BCUT2D eigenvalue weighted by molar-refractivity contribution is 7.88. The van der Waals surface area contributed by atoms with Gasteiger partial charge in [0.25, 0.3) is 0 Å². The monoisotopic (exact) mass is 1170 g/mol. The van der Waals surface area contributed by atoms with Crippen LogP contribution in [0, 0.1) is 10.1 Å². The van der Waals surface area contributed by atoms with Crippen LogP contribution in [0.4, 0.5) is 23.7 Å². The molecule has 5 atom stereocenters. The number of hydrogen-bond acceptors (Lipinski definition) is 20. The van der Waals surface area contributed by atoms with Crippen molar-refractivity contribution >= 4 is 67.2 Å². The lowest BCUT2D eigenvalue weighted by molar-refractivity contribution is -0.385. The Bertz CT molecular complexity index is 3390. The van der Waals surface area contributed by atoms with Crippen molar-refractivity contribution in [2.75, 3.05) is 41.2 Å². The topological polar surface area (TPSA) is 351 Å². The molecule has 4 aromatic rings. The van der Waals surface area contributed by atoms with Gasteiger partial charge in [0.05, 0.1) is 37.5 Å². The number of benzene rings is 4. The molecule has 79 heavy (non-hydrogen) atoms. The second-order valence-corrected chi connectivity index (χ2v) is 21.3. The Morgan fingerprint density at radius 1 is 0.861 bits per heavy atom. The lowest BCUT2D eigenvalue weighted by Gasteiger charge is -2.32. The molecule has 0 unspecified atom stereocenters. The maximum absolute atomic E-state index is 15.3. The lowest BCUT2D eigenvalue weighted by Crippen LogP contribution is -2.55. The molecule has 0 saturated heterocycles. The van der Waals surface area contributed by atoms with Gasteiger partial charge in [0.1, 0.15) is 59.7 Å². The number of alkyl halides is 3. The van der Waals surface area contributed by atoms with Crippen LogP contribution in [-0.4, -0.2) is 115 Å². The Hall–Kier alpha value is -8.29. The van der Waals surface area contributed by atoms with Gasteiger partial charge in [0.2, 0.25) is 35.1 Å². The van der Waals surface area contributed by atoms with Crippen molar-refractivity contribution in [3.8, 4) is 57.1 Å². The molecule has 3 aliphatic heterocycles. The molecule has 4 aromatic carbocycles. The van der Waals surface area contributed by atoms with E-state index in [0.717, 1.165) is 51.6 Å². The fraction of sp³-hybridized carbons (Fsp3) is 0.340. The van der Waals surface area contributed by atoms with Crippen molar-refractivity contribution in [3.63, 3.8) is 0 Å². The third-order valence-corrected chi connectivity index (χ3v) is 12.9. The summed E-state index contributed by atoms with van der Waals surface area (Å²) in [7, 11) is -6.98. The molecular weight excluding hydrogens is 1130 g/mol. The fourth-order valence-electron chi connectivity index (χ4n) is 7.89. The third kappa shape index (κ3) is 13.2. The predicted molar refractivity (Wildman–Crippen MR) is 268 cm³/mol. The van der Waals surface area contributed by atoms with E-state index in [2.05, 4.69) is 37.3 Å². The molecule has 32 heteroatoms. The zero-order chi connectivity index (χ0) is 58.9. The first-order valence-corrected chi connectivity index (χ1v) is 26.1. The van der Waals surface area contributed by atoms with Gasteiger partial charge in [-0.2, -0.15) is 30.0 Å². The Balaban J connectivity index is 1.86. The Morgan fingerprint density at radius 3 is 2.10 bits per heavy atom. The van der Waals surface area contributed by atoms with E-state index < -0.39 is 165 Å². The van der Waals surface area contributed by atoms with Crippen LogP contribution in [0.5, 0.6) is 46.0 Å². The van der Waals surface area contributed by atoms with E-state index in [9.17, 15) is 59.6 Å². The normalized spacial score (nSPS) is 18.5. The number of carbonyl (C=O) groups excluding carboxylic acids is 5. The van der Waals surface area contributed by atoms with Crippen molar-refractivity contribution in [1.29, 1.82) is 0 Å². The van der Waals surface area contributed by atoms with Gasteiger partial charge in [-0.25, -0.2) is 4.79 Å². The van der Waals surface area contributed by atoms with Gasteiger partial charge in [-0.3, -0.25) is 29.3 Å². The van der Waals surface area contributed by atoms with Crippen molar-refractivity contribution in [1.82, 2.24) is 26.6 Å². The van der Waals surface area contributed by atoms with Crippen LogP contribution < -0.4 is 58.6 Å². The fourth-order valence-corrected chi connectivity index (χ4v) is 9.08. The molecule has 3 heterocycles. The smallest absolute Gasteiger partial charge is 0.497 e. The quantitative estimate of drug-likeness (QED) is 0.0346. The maximum atomic E-state index is 15.3. The van der Waals surface area contributed by atoms with Gasteiger partial charge >= 0.3 is 37.5 Å². The minimum atomic E-state index is -6.76. The average Bonchev–Trinajstić information content (AvgIpc) is 3.39. The summed E-state index contributed by atoms with van der Waals surface area (Å²) in [6.07, 6.45) is -2.24. The van der Waals surface area contributed by atoms with E-state index >= 15 is 9.59 Å². The number of halogens is 4. The van der Waals surface area contributed by atoms with Crippen LogP contribution in [-0.2, 0) is 44.2 Å². The van der Waals surface area contributed by atoms with E-state index in [1.165, 1.54) is 40.0 Å². The summed E-state index contributed by atoms with van der Waals surface area (Å²) in [5, 5.41) is 35.8. The van der Waals surface area contributed by atoms with Gasteiger partial charge in [0.15, 0.2) is 17.2 Å². The molecule has 3 aliphatic rings. The number of nitro groups is 1. The summed E-state index contributed by atoms with van der Waals surface area (Å²) >= 11 is 6.70. The molecule has 0 aliphatic carbocycles. The number of carbonyl (C=O) groups is 5. The number of nitrogens with one attached hydrogen (secondary N) is 5. The van der Waals surface area contributed by atoms with Crippen LogP contribution in [0.2, 0.25) is 5.02 Å². The first-order valence-electron chi connectivity index (χ1n) is 22.5. The summed E-state index contributed by atoms with van der Waals surface area (Å²) in [5.74, 6) is -11.4. The van der Waals surface area contributed by atoms with E-state index in [1.54, 1.807) is 0 Å². The Kier molecular flexibility index (Phi) is 17.4. The molecular formula is C47H48ClF3N6O20S2. The average molecular weight is 1170 g/mol. The van der Waals surface area contributed by atoms with Crippen LogP contribution in [0.25, 0.3) is 11.1 Å². The number of likely N-dealkylation sites (N-methyl/N-ethyl adjacent to an activating group) is 1. The Morgan fingerprint density at radius 2 is 1.53 bits per heavy atom. The number of fused-ring (bicyclic) bond motifs is 8. The van der Waals surface area contributed by atoms with Gasteiger partial charge in [0, 0.05) is 41.9 Å². The first-order chi connectivity index (χ1) is 36.8. The molecule has 7 rings (SSSR count). The van der Waals surface area contributed by atoms with Crippen molar-refractivity contribution in [3.05, 3.63) is 98.6 Å². The van der Waals surface area contributed by atoms with E-state index in [0.29, 0.717) is 18.4 Å². The second kappa shape index (κ2) is 23.0. The highest BCUT2D eigenvalue weighted by Crippen LogP contribution is 2.50. The molecule has 6 N–H and O–H groups in total. The largest absolute Gasteiger partial charge is 0.534 e. The highest BCUT2D eigenvalue weighted by atomic mass is 35.5. The number of alkyl carbamates (subject to hydrolysis) is 1. The SMILES string of the molecule is C=CCOc1c2cc(cc1OS(C)(=O)=O)[C@@H](NC(=O)OC(C)(C)C)C(=O)N[C@H]1C(=O)N[C@H](C(=O)N[C@H](C(=O)NC)c3cc(OC)cc(OC)c3-c3cc1c(OS(=O)(=O)C(F)(F)F)cc3OC)[C@H](O)c1cc(Cl)c(c([N+](=O)[O-])c1)O2. The molecule has 26 nitrogen and oxygen atoms in total. The molecule has 0 fully saturated rings. The molecule has 426 valence electrons. The van der Waals surface area contributed by atoms with Gasteiger partial charge in [-0.05, 0) is 67.8 Å². The minimum Gasteiger partial charge on any atom is -0.497 e. The van der Waals surface area contributed by atoms with Crippen molar-refractivity contribution in [2.45, 2.75) is 62.2 Å². The summed E-state index contributed by atoms with van der Waals surface area (Å²) in [6.45, 7) is 7.26. The highest BCUT2D eigenvalue weighted by Gasteiger charge is 2.50. The van der Waals surface area contributed by atoms with Crippen LogP contribution >= 0.6 is 11.6 Å². The van der Waals surface area contributed by atoms with E-state index in [4.69, 9.17) is 44.2 Å². The molecule has 0 aromatic heterocycles. The standard InChI is InChI=1S/C47H48ClF3N6O20S2/c1-10-11-73-40-31-14-20(15-32(40)76-78(9,66)67)34(56-45(63)75-46(2,3)4)42(60)53-35-24-18-23(28(71-7)19-29(24)77-79(68,69)47(49,50)51)33-25(16-22(70-6)17-30(33)72-8)36(41(59)52-5)54-44(62)37(55-43(35)61)38(58)21-12-26(48)39(74-31)27(13-21)57(64)65/h10,12-19,34-38,58H,1,11H2,2-9H3,(H,52,59)(H,53,60)(H,54,62)(H,55,61)(H,56,63)/t34-,35-,36+,37+,38-/m1/s1. The molecule has 0 radical (unpaired) electrons. The number of amides is 5. The first kappa shape index (κ1) is 59.9. The number of methoxy groups -OCH3 is 3. The molecule has 8 bridgehead atoms. The number of ether oxygens (including phenoxy) is 6. The predicted octanol–water partition coefficient (Wildman–Crippen LogP) is 4.74. The van der Waals surface area contributed by atoms with Gasteiger partial charge in [-0.1, -0.05) is 24.3 Å². The number of nitro benzene ring substituents is 1. The summed E-state index contributed by atoms with van der Waals surface area (Å²) < 4.78 is 138. The maximum Gasteiger partial charge on any atom is 0.534 e. The number of rotatable bonds is 13. The number of aliphatic hydroxyl groups is 1. The lowest BCUT2D eigenvalue weighted by atomic mass is 9.88.